The first-order chi connectivity index (χ1) is 7.71. The molecule has 2 aromatic heterocycles. The van der Waals surface area contributed by atoms with Gasteiger partial charge in [-0.15, -0.1) is 0 Å². The smallest absolute Gasteiger partial charge is 0.152 e. The summed E-state index contributed by atoms with van der Waals surface area (Å²) in [4.78, 5) is 4.62. The molecule has 0 saturated carbocycles. The Hall–Kier alpha value is -1.31. The minimum Gasteiger partial charge on any atom is -0.463 e. The summed E-state index contributed by atoms with van der Waals surface area (Å²) in [6.07, 6.45) is 3.58. The summed E-state index contributed by atoms with van der Waals surface area (Å²) in [5, 5.41) is 1.19. The normalized spacial score (nSPS) is 13.3. The third-order valence-corrected chi connectivity index (χ3v) is 2.97. The van der Waals surface area contributed by atoms with Crippen molar-refractivity contribution >= 4 is 11.0 Å². The Morgan fingerprint density at radius 3 is 2.18 bits per heavy atom. The number of nitrogens with zero attached hydrogens (tertiary/aromatic N) is 1. The average Bonchev–Trinajstić information content (AvgIpc) is 2.59. The number of pyridine rings is 1. The van der Waals surface area contributed by atoms with Gasteiger partial charge in [0.2, 0.25) is 0 Å². The van der Waals surface area contributed by atoms with Crippen LogP contribution in [0.2, 0.25) is 0 Å². The molecule has 0 aliphatic heterocycles. The maximum Gasteiger partial charge on any atom is 0.152 e. The molecular weight excluding hydrogens is 210 g/mol. The van der Waals surface area contributed by atoms with E-state index in [2.05, 4.69) is 46.5 Å². The lowest BCUT2D eigenvalue weighted by Crippen LogP contribution is -2.23. The van der Waals surface area contributed by atoms with Crippen molar-refractivity contribution in [2.75, 3.05) is 0 Å². The predicted octanol–water partition coefficient (Wildman–Crippen LogP) is 4.42. The average molecular weight is 231 g/mol. The maximum absolute atomic E-state index is 5.46. The topological polar surface area (TPSA) is 26.0 Å². The number of aromatic nitrogens is 1. The molecule has 17 heavy (non-hydrogen) atoms. The van der Waals surface area contributed by atoms with E-state index in [-0.39, 0.29) is 10.8 Å². The molecule has 0 bridgehead atoms. The van der Waals surface area contributed by atoms with Crippen LogP contribution in [0, 0.1) is 0 Å². The molecule has 0 radical (unpaired) electrons. The van der Waals surface area contributed by atoms with Crippen molar-refractivity contribution < 1.29 is 4.42 Å². The summed E-state index contributed by atoms with van der Waals surface area (Å²) in [5.74, 6) is 0. The highest BCUT2D eigenvalue weighted by Gasteiger charge is 2.28. The first-order valence-electron chi connectivity index (χ1n) is 6.08. The van der Waals surface area contributed by atoms with Crippen molar-refractivity contribution in [3.63, 3.8) is 0 Å². The van der Waals surface area contributed by atoms with Crippen molar-refractivity contribution in [2.45, 2.75) is 52.4 Å². The van der Waals surface area contributed by atoms with Crippen molar-refractivity contribution in [1.29, 1.82) is 0 Å². The molecule has 0 atom stereocenters. The van der Waals surface area contributed by atoms with Crippen LogP contribution in [0.4, 0.5) is 0 Å². The third-order valence-electron chi connectivity index (χ3n) is 2.97. The molecule has 2 heteroatoms. The monoisotopic (exact) mass is 231 g/mol. The second-order valence-electron chi connectivity index (χ2n) is 6.68. The molecule has 0 N–H and O–H groups in total. The molecule has 0 spiro atoms. The van der Waals surface area contributed by atoms with Gasteiger partial charge in [-0.2, -0.15) is 0 Å². The van der Waals surface area contributed by atoms with Crippen LogP contribution >= 0.6 is 0 Å². The fourth-order valence-electron chi connectivity index (χ4n) is 2.27. The van der Waals surface area contributed by atoms with E-state index in [9.17, 15) is 0 Å². The Morgan fingerprint density at radius 1 is 1.00 bits per heavy atom. The standard InChI is InChI=1S/C15H21NO/c1-14(2,3)12-10-7-8-17-11(10)9-16-13(12)15(4,5)6/h7-9H,1-6H3. The summed E-state index contributed by atoms with van der Waals surface area (Å²) in [6.45, 7) is 13.3. The third kappa shape index (κ3) is 2.08. The summed E-state index contributed by atoms with van der Waals surface area (Å²) in [7, 11) is 0. The molecule has 0 saturated heterocycles. The lowest BCUT2D eigenvalue weighted by molar-refractivity contribution is 0.517. The van der Waals surface area contributed by atoms with Crippen LogP contribution in [-0.4, -0.2) is 4.98 Å². The molecule has 2 aromatic rings. The molecule has 0 aliphatic carbocycles. The van der Waals surface area contributed by atoms with Crippen LogP contribution in [0.1, 0.15) is 52.8 Å². The molecule has 2 rings (SSSR count). The van der Waals surface area contributed by atoms with Crippen LogP contribution in [0.25, 0.3) is 11.0 Å². The van der Waals surface area contributed by atoms with Crippen LogP contribution < -0.4 is 0 Å². The Balaban J connectivity index is 2.85. The van der Waals surface area contributed by atoms with Gasteiger partial charge < -0.3 is 4.42 Å². The lowest BCUT2D eigenvalue weighted by atomic mass is 9.77. The highest BCUT2D eigenvalue weighted by Crippen LogP contribution is 2.37. The van der Waals surface area contributed by atoms with E-state index in [0.717, 1.165) is 5.58 Å². The van der Waals surface area contributed by atoms with Crippen molar-refractivity contribution in [1.82, 2.24) is 4.98 Å². The van der Waals surface area contributed by atoms with Gasteiger partial charge in [-0.25, -0.2) is 0 Å². The van der Waals surface area contributed by atoms with Crippen molar-refractivity contribution in [3.05, 3.63) is 29.8 Å². The molecule has 0 fully saturated rings. The first kappa shape index (κ1) is 12.2. The van der Waals surface area contributed by atoms with E-state index in [4.69, 9.17) is 4.42 Å². The Labute approximate surface area is 103 Å². The van der Waals surface area contributed by atoms with Gasteiger partial charge in [-0.1, -0.05) is 41.5 Å². The van der Waals surface area contributed by atoms with Gasteiger partial charge in [0.1, 0.15) is 0 Å². The second-order valence-corrected chi connectivity index (χ2v) is 6.68. The number of hydrogen-bond donors (Lipinski definition) is 0. The Bertz CT molecular complexity index is 538. The quantitative estimate of drug-likeness (QED) is 0.670. The van der Waals surface area contributed by atoms with E-state index in [1.54, 1.807) is 6.26 Å². The molecule has 0 aliphatic rings. The van der Waals surface area contributed by atoms with Crippen LogP contribution in [0.15, 0.2) is 22.9 Å². The van der Waals surface area contributed by atoms with Gasteiger partial charge in [0.25, 0.3) is 0 Å². The molecular formula is C15H21NO. The lowest BCUT2D eigenvalue weighted by Gasteiger charge is -2.29. The highest BCUT2D eigenvalue weighted by molar-refractivity contribution is 5.82. The summed E-state index contributed by atoms with van der Waals surface area (Å²) < 4.78 is 5.46. The van der Waals surface area contributed by atoms with Gasteiger partial charge in [-0.3, -0.25) is 4.98 Å². The zero-order chi connectivity index (χ0) is 12.8. The van der Waals surface area contributed by atoms with Crippen molar-refractivity contribution in [2.24, 2.45) is 0 Å². The molecule has 2 nitrogen and oxygen atoms in total. The summed E-state index contributed by atoms with van der Waals surface area (Å²) in [6, 6.07) is 2.05. The Morgan fingerprint density at radius 2 is 1.65 bits per heavy atom. The van der Waals surface area contributed by atoms with E-state index >= 15 is 0 Å². The Kier molecular flexibility index (Phi) is 2.57. The van der Waals surface area contributed by atoms with Gasteiger partial charge in [0.15, 0.2) is 5.58 Å². The van der Waals surface area contributed by atoms with Gasteiger partial charge >= 0.3 is 0 Å². The minimum atomic E-state index is 0.0497. The zero-order valence-corrected chi connectivity index (χ0v) is 11.6. The van der Waals surface area contributed by atoms with Gasteiger partial charge in [0, 0.05) is 10.8 Å². The molecule has 2 heterocycles. The summed E-state index contributed by atoms with van der Waals surface area (Å²) in [5.41, 5.74) is 3.46. The van der Waals surface area contributed by atoms with E-state index in [1.165, 1.54) is 16.6 Å². The van der Waals surface area contributed by atoms with Crippen LogP contribution in [0.3, 0.4) is 0 Å². The number of rotatable bonds is 0. The van der Waals surface area contributed by atoms with E-state index in [1.807, 2.05) is 12.3 Å². The van der Waals surface area contributed by atoms with Crippen molar-refractivity contribution in [3.8, 4) is 0 Å². The number of furan rings is 1. The molecule has 0 amide bonds. The molecule has 92 valence electrons. The zero-order valence-electron chi connectivity index (χ0n) is 11.6. The van der Waals surface area contributed by atoms with E-state index in [0.29, 0.717) is 0 Å². The largest absolute Gasteiger partial charge is 0.463 e. The van der Waals surface area contributed by atoms with E-state index < -0.39 is 0 Å². The SMILES string of the molecule is CC(C)(C)c1ncc2occc2c1C(C)(C)C. The maximum atomic E-state index is 5.46. The number of fused-ring (bicyclic) bond motifs is 1. The highest BCUT2D eigenvalue weighted by atomic mass is 16.3. The molecule has 0 aromatic carbocycles. The van der Waals surface area contributed by atoms with Crippen LogP contribution in [0.5, 0.6) is 0 Å². The predicted molar refractivity (Wildman–Crippen MR) is 71.4 cm³/mol. The molecule has 0 unspecified atom stereocenters. The number of hydrogen-bond acceptors (Lipinski definition) is 2. The fraction of sp³-hybridized carbons (Fsp3) is 0.533. The fourth-order valence-corrected chi connectivity index (χ4v) is 2.27. The van der Waals surface area contributed by atoms with Crippen LogP contribution in [-0.2, 0) is 10.8 Å². The first-order valence-corrected chi connectivity index (χ1v) is 6.08. The second kappa shape index (κ2) is 3.59. The van der Waals surface area contributed by atoms with Gasteiger partial charge in [-0.05, 0) is 17.0 Å². The minimum absolute atomic E-state index is 0.0497. The van der Waals surface area contributed by atoms with Gasteiger partial charge in [0.05, 0.1) is 18.2 Å². The summed E-state index contributed by atoms with van der Waals surface area (Å²) >= 11 is 0.